The first-order valence-electron chi connectivity index (χ1n) is 4.47. The zero-order valence-corrected chi connectivity index (χ0v) is 8.25. The van der Waals surface area contributed by atoms with Crippen LogP contribution in [0.5, 0.6) is 0 Å². The normalized spacial score (nSPS) is 20.6. The van der Waals surface area contributed by atoms with Crippen LogP contribution >= 0.6 is 0 Å². The van der Waals surface area contributed by atoms with Crippen LogP contribution in [0.3, 0.4) is 0 Å². The van der Waals surface area contributed by atoms with Gasteiger partial charge in [-0.15, -0.1) is 0 Å². The van der Waals surface area contributed by atoms with E-state index in [1.54, 1.807) is 14.0 Å². The van der Waals surface area contributed by atoms with E-state index in [1.807, 2.05) is 0 Å². The van der Waals surface area contributed by atoms with Gasteiger partial charge in [-0.3, -0.25) is 4.99 Å². The fourth-order valence-electron chi connectivity index (χ4n) is 1.28. The van der Waals surface area contributed by atoms with Gasteiger partial charge in [-0.25, -0.2) is 4.99 Å². The molecule has 1 fully saturated rings. The summed E-state index contributed by atoms with van der Waals surface area (Å²) in [5.41, 5.74) is 5.50. The molecule has 13 heavy (non-hydrogen) atoms. The number of nitrogens with two attached hydrogens (primary N) is 1. The van der Waals surface area contributed by atoms with Gasteiger partial charge < -0.3 is 16.0 Å². The van der Waals surface area contributed by atoms with E-state index >= 15 is 0 Å². The van der Waals surface area contributed by atoms with E-state index in [2.05, 4.69) is 20.2 Å². The number of rotatable bonds is 0. The summed E-state index contributed by atoms with van der Waals surface area (Å²) < 4.78 is 0. The number of amidine groups is 1. The predicted octanol–water partition coefficient (Wildman–Crippen LogP) is -0.745. The molecule has 0 aromatic carbocycles. The molecule has 0 spiro atoms. The molecule has 1 aliphatic rings. The van der Waals surface area contributed by atoms with Gasteiger partial charge in [0.05, 0.1) is 5.84 Å². The molecule has 0 aromatic heterocycles. The highest BCUT2D eigenvalue weighted by Gasteiger charge is 2.12. The summed E-state index contributed by atoms with van der Waals surface area (Å²) in [7, 11) is 1.74. The molecule has 0 saturated carbocycles. The summed E-state index contributed by atoms with van der Waals surface area (Å²) in [4.78, 5) is 10.4. The average Bonchev–Trinajstić information content (AvgIpc) is 2.15. The first kappa shape index (κ1) is 9.98. The zero-order chi connectivity index (χ0) is 9.68. The number of piperazine rings is 1. The van der Waals surface area contributed by atoms with Crippen molar-refractivity contribution in [1.29, 1.82) is 0 Å². The summed E-state index contributed by atoms with van der Waals surface area (Å²) in [5, 5.41) is 3.27. The second-order valence-electron chi connectivity index (χ2n) is 3.01. The number of hydrogen-bond acceptors (Lipinski definition) is 2. The number of aliphatic imine (C=N–C) groups is 2. The molecule has 0 radical (unpaired) electrons. The number of hydrogen-bond donors (Lipinski definition) is 2. The second kappa shape index (κ2) is 4.81. The van der Waals surface area contributed by atoms with Crippen molar-refractivity contribution in [2.24, 2.45) is 15.7 Å². The molecule has 1 aliphatic heterocycles. The average molecular weight is 183 g/mol. The molecular formula is C8H17N5. The molecule has 1 saturated heterocycles. The highest BCUT2D eigenvalue weighted by atomic mass is 15.3. The van der Waals surface area contributed by atoms with E-state index < -0.39 is 0 Å². The fourth-order valence-corrected chi connectivity index (χ4v) is 1.28. The van der Waals surface area contributed by atoms with E-state index in [9.17, 15) is 0 Å². The van der Waals surface area contributed by atoms with Crippen molar-refractivity contribution < 1.29 is 0 Å². The number of nitrogens with one attached hydrogen (secondary N) is 1. The van der Waals surface area contributed by atoms with Gasteiger partial charge in [0.2, 0.25) is 5.96 Å². The molecule has 0 bridgehead atoms. The maximum Gasteiger partial charge on any atom is 0.222 e. The van der Waals surface area contributed by atoms with Gasteiger partial charge in [0.1, 0.15) is 0 Å². The van der Waals surface area contributed by atoms with E-state index in [4.69, 9.17) is 5.73 Å². The van der Waals surface area contributed by atoms with Crippen molar-refractivity contribution in [3.05, 3.63) is 0 Å². The quantitative estimate of drug-likeness (QED) is 0.384. The molecule has 5 nitrogen and oxygen atoms in total. The molecule has 74 valence electrons. The molecule has 0 amide bonds. The van der Waals surface area contributed by atoms with Crippen molar-refractivity contribution in [3.8, 4) is 0 Å². The monoisotopic (exact) mass is 183 g/mol. The molecule has 3 N–H and O–H groups in total. The van der Waals surface area contributed by atoms with Gasteiger partial charge in [0.25, 0.3) is 0 Å². The highest BCUT2D eigenvalue weighted by molar-refractivity contribution is 5.94. The minimum absolute atomic E-state index is 0.555. The Morgan fingerprint density at radius 2 is 2.00 bits per heavy atom. The minimum Gasteiger partial charge on any atom is -0.387 e. The van der Waals surface area contributed by atoms with Gasteiger partial charge in [0, 0.05) is 33.2 Å². The summed E-state index contributed by atoms with van der Waals surface area (Å²) in [5.74, 6) is 1.29. The first-order chi connectivity index (χ1) is 6.24. The maximum absolute atomic E-state index is 5.50. The first-order valence-corrected chi connectivity index (χ1v) is 4.47. The Hall–Kier alpha value is -1.10. The van der Waals surface area contributed by atoms with Gasteiger partial charge in [-0.1, -0.05) is 0 Å². The Labute approximate surface area is 78.7 Å². The van der Waals surface area contributed by atoms with Gasteiger partial charge >= 0.3 is 0 Å². The van der Waals surface area contributed by atoms with Crippen LogP contribution in [0.4, 0.5) is 0 Å². The third kappa shape index (κ3) is 3.02. The lowest BCUT2D eigenvalue weighted by Gasteiger charge is -2.28. The SMILES string of the molecule is CN=C(/N=C(/C)N)N1CCNCC1. The minimum atomic E-state index is 0.555. The maximum atomic E-state index is 5.50. The van der Waals surface area contributed by atoms with Gasteiger partial charge in [-0.2, -0.15) is 0 Å². The van der Waals surface area contributed by atoms with E-state index in [0.29, 0.717) is 5.84 Å². The van der Waals surface area contributed by atoms with Crippen molar-refractivity contribution in [2.75, 3.05) is 33.2 Å². The molecule has 0 atom stereocenters. The Bertz CT molecular complexity index is 211. The molecule has 0 aromatic rings. The van der Waals surface area contributed by atoms with Crippen molar-refractivity contribution >= 4 is 11.8 Å². The van der Waals surface area contributed by atoms with Crippen LogP contribution in [0.2, 0.25) is 0 Å². The third-order valence-corrected chi connectivity index (χ3v) is 1.88. The Morgan fingerprint density at radius 1 is 1.38 bits per heavy atom. The largest absolute Gasteiger partial charge is 0.387 e. The molecule has 5 heteroatoms. The molecule has 0 unspecified atom stereocenters. The van der Waals surface area contributed by atoms with Crippen LogP contribution < -0.4 is 11.1 Å². The standard InChI is InChI=1S/C8H17N5/c1-7(9)12-8(10-2)13-5-3-11-4-6-13/h11H,3-6H2,1-2H3,(H2,9,10,12). The molecule has 1 rings (SSSR count). The molecule has 0 aliphatic carbocycles. The highest BCUT2D eigenvalue weighted by Crippen LogP contribution is 1.96. The topological polar surface area (TPSA) is 66.0 Å². The number of guanidine groups is 1. The van der Waals surface area contributed by atoms with Crippen LogP contribution in [0.1, 0.15) is 6.92 Å². The summed E-state index contributed by atoms with van der Waals surface area (Å²) in [6.07, 6.45) is 0. The van der Waals surface area contributed by atoms with Crippen molar-refractivity contribution in [2.45, 2.75) is 6.92 Å². The Morgan fingerprint density at radius 3 is 2.46 bits per heavy atom. The zero-order valence-electron chi connectivity index (χ0n) is 8.25. The Kier molecular flexibility index (Phi) is 3.70. The lowest BCUT2D eigenvalue weighted by atomic mass is 10.4. The van der Waals surface area contributed by atoms with E-state index in [0.717, 1.165) is 32.1 Å². The van der Waals surface area contributed by atoms with Gasteiger partial charge in [0.15, 0.2) is 0 Å². The van der Waals surface area contributed by atoms with Gasteiger partial charge in [-0.05, 0) is 6.92 Å². The summed E-state index contributed by atoms with van der Waals surface area (Å²) in [6, 6.07) is 0. The van der Waals surface area contributed by atoms with Crippen molar-refractivity contribution in [1.82, 2.24) is 10.2 Å². The van der Waals surface area contributed by atoms with Crippen LogP contribution in [-0.2, 0) is 0 Å². The predicted molar refractivity (Wildman–Crippen MR) is 55.1 cm³/mol. The third-order valence-electron chi connectivity index (χ3n) is 1.88. The summed E-state index contributed by atoms with van der Waals surface area (Å²) in [6.45, 7) is 5.64. The second-order valence-corrected chi connectivity index (χ2v) is 3.01. The van der Waals surface area contributed by atoms with Crippen molar-refractivity contribution in [3.63, 3.8) is 0 Å². The Balaban J connectivity index is 2.60. The van der Waals surface area contributed by atoms with E-state index in [-0.39, 0.29) is 0 Å². The fraction of sp³-hybridized carbons (Fsp3) is 0.750. The van der Waals surface area contributed by atoms with Crippen LogP contribution in [0.25, 0.3) is 0 Å². The summed E-state index contributed by atoms with van der Waals surface area (Å²) >= 11 is 0. The van der Waals surface area contributed by atoms with Crippen LogP contribution in [0.15, 0.2) is 9.98 Å². The van der Waals surface area contributed by atoms with Crippen LogP contribution in [0, 0.1) is 0 Å². The lowest BCUT2D eigenvalue weighted by molar-refractivity contribution is 0.354. The smallest absolute Gasteiger partial charge is 0.222 e. The van der Waals surface area contributed by atoms with Crippen LogP contribution in [-0.4, -0.2) is 49.9 Å². The number of nitrogens with zero attached hydrogens (tertiary/aromatic N) is 3. The lowest BCUT2D eigenvalue weighted by Crippen LogP contribution is -2.46. The molecule has 1 heterocycles. The molecular weight excluding hydrogens is 166 g/mol. The van der Waals surface area contributed by atoms with E-state index in [1.165, 1.54) is 0 Å².